The van der Waals surface area contributed by atoms with Gasteiger partial charge < -0.3 is 10.6 Å². The van der Waals surface area contributed by atoms with Crippen molar-refractivity contribution in [2.24, 2.45) is 11.8 Å². The largest absolute Gasteiger partial charge is 0.342 e. The van der Waals surface area contributed by atoms with E-state index in [1.165, 1.54) is 23.5 Å². The molecule has 2 atom stereocenters. The molecule has 4 aromatic rings. The van der Waals surface area contributed by atoms with Crippen molar-refractivity contribution in [2.75, 3.05) is 13.1 Å². The lowest BCUT2D eigenvalue weighted by molar-refractivity contribution is -0.121. The van der Waals surface area contributed by atoms with E-state index in [4.69, 9.17) is 15.8 Å². The van der Waals surface area contributed by atoms with Crippen LogP contribution in [0.4, 0.5) is 0 Å². The number of carbonyl (C=O) groups excluding carboxylic acids is 2. The van der Waals surface area contributed by atoms with Crippen LogP contribution >= 0.6 is 23.5 Å². The maximum atomic E-state index is 12.3. The lowest BCUT2D eigenvalue weighted by Crippen LogP contribution is -2.33. The van der Waals surface area contributed by atoms with Gasteiger partial charge in [0.15, 0.2) is 0 Å². The molecule has 1 heterocycles. The fraction of sp³-hybridized carbons (Fsp3) is 0.316. The van der Waals surface area contributed by atoms with Gasteiger partial charge in [-0.2, -0.15) is 20.9 Å². The minimum Gasteiger partial charge on any atom is -0.342 e. The number of thioether (sulfide) groups is 2. The van der Waals surface area contributed by atoms with Crippen molar-refractivity contribution in [1.82, 2.24) is 20.8 Å². The minimum atomic E-state index is -0.218. The molecule has 0 fully saturated rings. The van der Waals surface area contributed by atoms with E-state index < -0.39 is 0 Å². The molecule has 0 aliphatic heterocycles. The first-order valence-electron chi connectivity index (χ1n) is 16.0. The van der Waals surface area contributed by atoms with Crippen LogP contribution < -0.4 is 10.6 Å². The van der Waals surface area contributed by atoms with Crippen molar-refractivity contribution in [1.29, 1.82) is 15.8 Å². The lowest BCUT2D eigenvalue weighted by Gasteiger charge is -2.17. The fourth-order valence-electron chi connectivity index (χ4n) is 4.68. The maximum Gasteiger partial charge on any atom is 0.234 e. The molecule has 49 heavy (non-hydrogen) atoms. The molecule has 0 radical (unpaired) electrons. The Labute approximate surface area is 297 Å². The second kappa shape index (κ2) is 20.4. The van der Waals surface area contributed by atoms with Crippen molar-refractivity contribution in [2.45, 2.75) is 60.8 Å². The molecule has 1 aromatic heterocycles. The van der Waals surface area contributed by atoms with Crippen molar-refractivity contribution in [3.05, 3.63) is 90.6 Å². The van der Waals surface area contributed by atoms with Crippen LogP contribution in [0, 0.1) is 45.8 Å². The van der Waals surface area contributed by atoms with E-state index in [1.54, 1.807) is 18.3 Å². The Morgan fingerprint density at radius 2 is 1.10 bits per heavy atom. The first kappa shape index (κ1) is 38.4. The Kier molecular flexibility index (Phi) is 16.0. The van der Waals surface area contributed by atoms with Crippen molar-refractivity contribution >= 4 is 35.3 Å². The quantitative estimate of drug-likeness (QED) is 0.0901. The highest BCUT2D eigenvalue weighted by atomic mass is 32.2. The zero-order chi connectivity index (χ0) is 35.6. The molecule has 3 N–H and O–H groups in total. The zero-order valence-corrected chi connectivity index (χ0v) is 29.8. The van der Waals surface area contributed by atoms with Crippen LogP contribution in [0.2, 0.25) is 0 Å². The molecule has 2 unspecified atom stereocenters. The number of hydrogen-bond acceptors (Lipinski definition) is 8. The Balaban J connectivity index is 0.000000267. The first-order valence-corrected chi connectivity index (χ1v) is 17.7. The van der Waals surface area contributed by atoms with Crippen LogP contribution in [-0.2, 0) is 9.59 Å². The summed E-state index contributed by atoms with van der Waals surface area (Å²) in [6.07, 6.45) is 3.24. The molecular formula is C38H41N7O2S2. The Morgan fingerprint density at radius 1 is 0.673 bits per heavy atom. The number of carbonyl (C=O) groups is 2. The molecule has 0 saturated heterocycles. The third-order valence-electron chi connectivity index (χ3n) is 7.06. The van der Waals surface area contributed by atoms with Crippen LogP contribution in [0.15, 0.2) is 94.9 Å². The van der Waals surface area contributed by atoms with E-state index in [-0.39, 0.29) is 35.4 Å². The van der Waals surface area contributed by atoms with E-state index in [1.807, 2.05) is 78.9 Å². The van der Waals surface area contributed by atoms with E-state index in [9.17, 15) is 9.59 Å². The van der Waals surface area contributed by atoms with Gasteiger partial charge in [-0.3, -0.25) is 14.7 Å². The third-order valence-corrected chi connectivity index (χ3v) is 9.53. The van der Waals surface area contributed by atoms with E-state index >= 15 is 0 Å². The van der Waals surface area contributed by atoms with Crippen LogP contribution in [0.25, 0.3) is 22.4 Å². The van der Waals surface area contributed by atoms with Gasteiger partial charge in [-0.1, -0.05) is 64.1 Å². The number of aromatic amines is 1. The number of benzene rings is 3. The molecule has 2 amide bonds. The topological polar surface area (TPSA) is 158 Å². The lowest BCUT2D eigenvalue weighted by atomic mass is 10.0. The number of aromatic nitrogens is 2. The highest BCUT2D eigenvalue weighted by Gasteiger charge is 2.22. The summed E-state index contributed by atoms with van der Waals surface area (Å²) in [6, 6.07) is 31.4. The first-order chi connectivity index (χ1) is 23.6. The molecule has 0 aliphatic rings. The number of nitrogens with one attached hydrogen (secondary N) is 3. The molecule has 11 heteroatoms. The highest BCUT2D eigenvalue weighted by molar-refractivity contribution is 8.00. The SMILES string of the molecule is CC(C)CC(Sc1ccc(-c2ccc(C#N)cc2)cc1)C(=O)NCC#N.CC(C)CC(Sc1ccc(-c2ccn[nH]2)cc1)C(=O)NCC#N. The molecular weight excluding hydrogens is 651 g/mol. The molecule has 0 aliphatic carbocycles. The molecule has 4 rings (SSSR count). The summed E-state index contributed by atoms with van der Waals surface area (Å²) < 4.78 is 0. The molecule has 0 spiro atoms. The van der Waals surface area contributed by atoms with Crippen LogP contribution in [0.3, 0.4) is 0 Å². The number of H-pyrrole nitrogens is 1. The Hall–Kier alpha value is -5.02. The Morgan fingerprint density at radius 3 is 1.47 bits per heavy atom. The second-order valence-corrected chi connectivity index (χ2v) is 14.5. The van der Waals surface area contributed by atoms with Crippen molar-refractivity contribution in [3.8, 4) is 40.6 Å². The number of nitriles is 3. The van der Waals surface area contributed by atoms with E-state index in [0.717, 1.165) is 45.0 Å². The number of hydrogen-bond donors (Lipinski definition) is 3. The van der Waals surface area contributed by atoms with E-state index in [2.05, 4.69) is 54.6 Å². The van der Waals surface area contributed by atoms with E-state index in [0.29, 0.717) is 17.4 Å². The predicted octanol–water partition coefficient (Wildman–Crippen LogP) is 7.60. The highest BCUT2D eigenvalue weighted by Crippen LogP contribution is 2.31. The van der Waals surface area contributed by atoms with Crippen molar-refractivity contribution in [3.63, 3.8) is 0 Å². The maximum absolute atomic E-state index is 12.3. The van der Waals surface area contributed by atoms with Gasteiger partial charge in [-0.05, 0) is 83.8 Å². The van der Waals surface area contributed by atoms with Gasteiger partial charge in [0.2, 0.25) is 11.8 Å². The van der Waals surface area contributed by atoms with Gasteiger partial charge in [0, 0.05) is 16.0 Å². The number of rotatable bonds is 14. The normalized spacial score (nSPS) is 11.7. The van der Waals surface area contributed by atoms with Crippen LogP contribution in [-0.4, -0.2) is 45.6 Å². The molecule has 9 nitrogen and oxygen atoms in total. The van der Waals surface area contributed by atoms with Crippen LogP contribution in [0.5, 0.6) is 0 Å². The number of nitrogens with zero attached hydrogens (tertiary/aromatic N) is 4. The molecule has 0 bridgehead atoms. The van der Waals surface area contributed by atoms with Crippen molar-refractivity contribution < 1.29 is 9.59 Å². The second-order valence-electron chi connectivity index (χ2n) is 11.9. The summed E-state index contributed by atoms with van der Waals surface area (Å²) in [4.78, 5) is 26.5. The standard InChI is InChI=1S/C21H21N3OS.C17H20N4OS/c1-15(2)13-20(21(25)24-12-11-22)26-19-9-7-18(8-10-19)17-5-3-16(14-23)4-6-17;1-12(2)11-16(17(22)19-10-8-18)23-14-5-3-13(4-6-14)15-7-9-20-21-15/h3-10,15,20H,12-13H2,1-2H3,(H,24,25);3-7,9,12,16H,10-11H2,1-2H3,(H,19,22)(H,20,21). The minimum absolute atomic E-state index is 0.0334. The molecule has 0 saturated carbocycles. The summed E-state index contributed by atoms with van der Waals surface area (Å²) in [7, 11) is 0. The summed E-state index contributed by atoms with van der Waals surface area (Å²) in [5.41, 5.74) is 4.77. The third kappa shape index (κ3) is 13.2. The number of amides is 2. The Bertz CT molecular complexity index is 1730. The summed E-state index contributed by atoms with van der Waals surface area (Å²) in [5, 5.41) is 37.9. The fourth-order valence-corrected chi connectivity index (χ4v) is 7.26. The summed E-state index contributed by atoms with van der Waals surface area (Å²) in [5.74, 6) is 0.618. The molecule has 252 valence electrons. The summed E-state index contributed by atoms with van der Waals surface area (Å²) in [6.45, 7) is 8.43. The summed E-state index contributed by atoms with van der Waals surface area (Å²) >= 11 is 3.06. The molecule has 3 aromatic carbocycles. The van der Waals surface area contributed by atoms with Gasteiger partial charge in [0.1, 0.15) is 13.1 Å². The van der Waals surface area contributed by atoms with Gasteiger partial charge >= 0.3 is 0 Å². The van der Waals surface area contributed by atoms with Gasteiger partial charge in [0.25, 0.3) is 0 Å². The zero-order valence-electron chi connectivity index (χ0n) is 28.1. The average molecular weight is 692 g/mol. The van der Waals surface area contributed by atoms with Gasteiger partial charge in [0.05, 0.1) is 40.0 Å². The van der Waals surface area contributed by atoms with Gasteiger partial charge in [-0.15, -0.1) is 23.5 Å². The monoisotopic (exact) mass is 691 g/mol. The predicted molar refractivity (Wildman–Crippen MR) is 196 cm³/mol. The average Bonchev–Trinajstić information content (AvgIpc) is 3.65. The van der Waals surface area contributed by atoms with Crippen LogP contribution in [0.1, 0.15) is 46.1 Å². The smallest absolute Gasteiger partial charge is 0.234 e. The van der Waals surface area contributed by atoms with Gasteiger partial charge in [-0.25, -0.2) is 0 Å².